The molecule has 0 heterocycles. The second kappa shape index (κ2) is 6.40. The van der Waals surface area contributed by atoms with Crippen LogP contribution in [-0.2, 0) is 11.2 Å². The van der Waals surface area contributed by atoms with Gasteiger partial charge in [0, 0.05) is 23.5 Å². The maximum atomic E-state index is 12.4. The molecule has 19 heavy (non-hydrogen) atoms. The number of carbonyl (C=O) groups is 1. The van der Waals surface area contributed by atoms with Gasteiger partial charge in [-0.05, 0) is 30.9 Å². The first kappa shape index (κ1) is 14.4. The van der Waals surface area contributed by atoms with Gasteiger partial charge in [0.25, 0.3) is 0 Å². The summed E-state index contributed by atoms with van der Waals surface area (Å²) in [4.78, 5) is 14.2. The van der Waals surface area contributed by atoms with E-state index in [4.69, 9.17) is 16.7 Å². The number of halogens is 1. The number of hydrogen-bond donors (Lipinski definition) is 1. The van der Waals surface area contributed by atoms with Crippen molar-refractivity contribution in [2.45, 2.75) is 32.2 Å². The SMILES string of the molecule is CC(Cc1ccccc1Cl)C(=O)N(CCO)C1CC1. The third-order valence-electron chi connectivity index (χ3n) is 3.52. The molecule has 4 heteroatoms. The van der Waals surface area contributed by atoms with Crippen LogP contribution in [0.4, 0.5) is 0 Å². The summed E-state index contributed by atoms with van der Waals surface area (Å²) < 4.78 is 0. The number of nitrogens with zero attached hydrogens (tertiary/aromatic N) is 1. The normalized spacial score (nSPS) is 16.2. The van der Waals surface area contributed by atoms with E-state index in [0.717, 1.165) is 18.4 Å². The highest BCUT2D eigenvalue weighted by Crippen LogP contribution is 2.29. The highest BCUT2D eigenvalue weighted by molar-refractivity contribution is 6.31. The van der Waals surface area contributed by atoms with Gasteiger partial charge in [0.15, 0.2) is 0 Å². The van der Waals surface area contributed by atoms with E-state index in [1.165, 1.54) is 0 Å². The highest BCUT2D eigenvalue weighted by atomic mass is 35.5. The Morgan fingerprint density at radius 2 is 2.16 bits per heavy atom. The van der Waals surface area contributed by atoms with E-state index in [1.807, 2.05) is 36.1 Å². The first-order valence-electron chi connectivity index (χ1n) is 6.78. The van der Waals surface area contributed by atoms with Crippen LogP contribution in [0.5, 0.6) is 0 Å². The summed E-state index contributed by atoms with van der Waals surface area (Å²) in [5.41, 5.74) is 1.00. The van der Waals surface area contributed by atoms with Crippen LogP contribution in [0.2, 0.25) is 5.02 Å². The first-order valence-corrected chi connectivity index (χ1v) is 7.16. The number of rotatable bonds is 6. The molecule has 1 saturated carbocycles. The van der Waals surface area contributed by atoms with E-state index in [1.54, 1.807) is 0 Å². The van der Waals surface area contributed by atoms with E-state index < -0.39 is 0 Å². The van der Waals surface area contributed by atoms with Crippen LogP contribution in [0.3, 0.4) is 0 Å². The van der Waals surface area contributed by atoms with Crippen LogP contribution in [0, 0.1) is 5.92 Å². The summed E-state index contributed by atoms with van der Waals surface area (Å²) in [7, 11) is 0. The van der Waals surface area contributed by atoms with E-state index in [0.29, 0.717) is 24.0 Å². The van der Waals surface area contributed by atoms with Crippen molar-refractivity contribution in [2.24, 2.45) is 5.92 Å². The number of aliphatic hydroxyl groups excluding tert-OH is 1. The van der Waals surface area contributed by atoms with Gasteiger partial charge in [-0.1, -0.05) is 36.7 Å². The van der Waals surface area contributed by atoms with E-state index in [2.05, 4.69) is 0 Å². The molecule has 104 valence electrons. The predicted octanol–water partition coefficient (Wildman–Crippen LogP) is 2.50. The lowest BCUT2D eigenvalue weighted by molar-refractivity contribution is -0.136. The third-order valence-corrected chi connectivity index (χ3v) is 3.89. The largest absolute Gasteiger partial charge is 0.395 e. The molecule has 1 amide bonds. The lowest BCUT2D eigenvalue weighted by Gasteiger charge is -2.25. The molecule has 1 aromatic rings. The molecule has 0 saturated heterocycles. The topological polar surface area (TPSA) is 40.5 Å². The summed E-state index contributed by atoms with van der Waals surface area (Å²) >= 11 is 6.12. The van der Waals surface area contributed by atoms with Gasteiger partial charge >= 0.3 is 0 Å². The van der Waals surface area contributed by atoms with Gasteiger partial charge in [-0.2, -0.15) is 0 Å². The van der Waals surface area contributed by atoms with Gasteiger partial charge in [-0.25, -0.2) is 0 Å². The van der Waals surface area contributed by atoms with Gasteiger partial charge < -0.3 is 10.0 Å². The van der Waals surface area contributed by atoms with Gasteiger partial charge in [-0.3, -0.25) is 4.79 Å². The predicted molar refractivity (Wildman–Crippen MR) is 76.1 cm³/mol. The smallest absolute Gasteiger partial charge is 0.226 e. The minimum absolute atomic E-state index is 0.0288. The molecule has 1 aliphatic carbocycles. The van der Waals surface area contributed by atoms with E-state index in [-0.39, 0.29) is 18.4 Å². The molecule has 1 N–H and O–H groups in total. The zero-order valence-electron chi connectivity index (χ0n) is 11.2. The van der Waals surface area contributed by atoms with Crippen LogP contribution in [-0.4, -0.2) is 35.1 Å². The average Bonchev–Trinajstić information content (AvgIpc) is 3.22. The van der Waals surface area contributed by atoms with Gasteiger partial charge in [0.2, 0.25) is 5.91 Å². The van der Waals surface area contributed by atoms with Crippen LogP contribution in [0.15, 0.2) is 24.3 Å². The van der Waals surface area contributed by atoms with Crippen LogP contribution in [0.25, 0.3) is 0 Å². The summed E-state index contributed by atoms with van der Waals surface area (Å²) in [6.45, 7) is 2.40. The van der Waals surface area contributed by atoms with E-state index in [9.17, 15) is 4.79 Å². The standard InChI is InChI=1S/C15H20ClNO2/c1-11(10-12-4-2-3-5-14(12)16)15(19)17(8-9-18)13-6-7-13/h2-5,11,13,18H,6-10H2,1H3. The van der Waals surface area contributed by atoms with Crippen molar-refractivity contribution in [1.29, 1.82) is 0 Å². The molecule has 1 aliphatic rings. The van der Waals surface area contributed by atoms with E-state index >= 15 is 0 Å². The maximum absolute atomic E-state index is 12.4. The zero-order valence-corrected chi connectivity index (χ0v) is 11.9. The molecule has 2 rings (SSSR count). The summed E-state index contributed by atoms with van der Waals surface area (Å²) in [5, 5.41) is 9.77. The number of hydrogen-bond acceptors (Lipinski definition) is 2. The van der Waals surface area contributed by atoms with Gasteiger partial charge in [0.1, 0.15) is 0 Å². The van der Waals surface area contributed by atoms with Gasteiger partial charge in [-0.15, -0.1) is 0 Å². The Bertz CT molecular complexity index is 446. The molecule has 0 aromatic heterocycles. The molecule has 0 bridgehead atoms. The summed E-state index contributed by atoms with van der Waals surface area (Å²) in [6.07, 6.45) is 2.77. The lowest BCUT2D eigenvalue weighted by atomic mass is 9.99. The van der Waals surface area contributed by atoms with Crippen molar-refractivity contribution in [1.82, 2.24) is 4.90 Å². The average molecular weight is 282 g/mol. The Labute approximate surface area is 119 Å². The molecule has 0 spiro atoms. The lowest BCUT2D eigenvalue weighted by Crippen LogP contribution is -2.39. The molecule has 0 radical (unpaired) electrons. The molecule has 0 aliphatic heterocycles. The van der Waals surface area contributed by atoms with Crippen molar-refractivity contribution < 1.29 is 9.90 Å². The Kier molecular flexibility index (Phi) is 4.83. The fourth-order valence-corrected chi connectivity index (χ4v) is 2.54. The van der Waals surface area contributed by atoms with Crippen molar-refractivity contribution >= 4 is 17.5 Å². The van der Waals surface area contributed by atoms with Crippen molar-refractivity contribution in [3.63, 3.8) is 0 Å². The monoisotopic (exact) mass is 281 g/mol. The first-order chi connectivity index (χ1) is 9.13. The number of benzene rings is 1. The number of carbonyl (C=O) groups excluding carboxylic acids is 1. The molecular formula is C15H20ClNO2. The zero-order chi connectivity index (χ0) is 13.8. The Balaban J connectivity index is 2.00. The molecule has 1 atom stereocenters. The fourth-order valence-electron chi connectivity index (χ4n) is 2.33. The van der Waals surface area contributed by atoms with Crippen molar-refractivity contribution in [3.05, 3.63) is 34.9 Å². The van der Waals surface area contributed by atoms with Crippen molar-refractivity contribution in [2.75, 3.05) is 13.2 Å². The fraction of sp³-hybridized carbons (Fsp3) is 0.533. The minimum atomic E-state index is -0.105. The second-order valence-electron chi connectivity index (χ2n) is 5.18. The summed E-state index contributed by atoms with van der Waals surface area (Å²) in [6, 6.07) is 7.97. The maximum Gasteiger partial charge on any atom is 0.226 e. The molecule has 1 aromatic carbocycles. The Morgan fingerprint density at radius 3 is 2.74 bits per heavy atom. The van der Waals surface area contributed by atoms with Crippen LogP contribution in [0.1, 0.15) is 25.3 Å². The summed E-state index contributed by atoms with van der Waals surface area (Å²) in [5.74, 6) is 0.0171. The highest BCUT2D eigenvalue weighted by Gasteiger charge is 2.34. The van der Waals surface area contributed by atoms with Crippen molar-refractivity contribution in [3.8, 4) is 0 Å². The molecule has 1 fully saturated rings. The van der Waals surface area contributed by atoms with Gasteiger partial charge in [0.05, 0.1) is 6.61 Å². The quantitative estimate of drug-likeness (QED) is 0.870. The third kappa shape index (κ3) is 3.71. The molecule has 1 unspecified atom stereocenters. The number of aliphatic hydroxyl groups is 1. The van der Waals surface area contributed by atoms with Crippen LogP contribution < -0.4 is 0 Å². The minimum Gasteiger partial charge on any atom is -0.395 e. The van der Waals surface area contributed by atoms with Crippen LogP contribution >= 0.6 is 11.6 Å². The molecule has 3 nitrogen and oxygen atoms in total. The Morgan fingerprint density at radius 1 is 1.47 bits per heavy atom. The second-order valence-corrected chi connectivity index (χ2v) is 5.59. The Hall–Kier alpha value is -1.06. The molecular weight excluding hydrogens is 262 g/mol. The number of amides is 1.